The highest BCUT2D eigenvalue weighted by Gasteiger charge is 2.14. The molecule has 118 valence electrons. The molecule has 0 bridgehead atoms. The second-order valence-corrected chi connectivity index (χ2v) is 7.24. The van der Waals surface area contributed by atoms with Crippen molar-refractivity contribution in [2.75, 3.05) is 43.6 Å². The van der Waals surface area contributed by atoms with Crippen molar-refractivity contribution in [3.63, 3.8) is 0 Å². The van der Waals surface area contributed by atoms with E-state index < -0.39 is 0 Å². The van der Waals surface area contributed by atoms with Crippen LogP contribution in [-0.4, -0.2) is 43.7 Å². The average Bonchev–Trinajstić information content (AvgIpc) is 2.59. The minimum atomic E-state index is 0.829. The molecule has 1 aliphatic carbocycles. The number of rotatable bonds is 1. The van der Waals surface area contributed by atoms with Gasteiger partial charge in [0, 0.05) is 42.4 Å². The van der Waals surface area contributed by atoms with E-state index in [1.165, 1.54) is 17.2 Å². The molecule has 5 heteroatoms. The van der Waals surface area contributed by atoms with Gasteiger partial charge in [-0.15, -0.1) is 0 Å². The van der Waals surface area contributed by atoms with Gasteiger partial charge in [0.05, 0.1) is 6.07 Å². The van der Waals surface area contributed by atoms with Crippen LogP contribution in [0, 0.1) is 0 Å². The summed E-state index contributed by atoms with van der Waals surface area (Å²) in [5.41, 5.74) is 3.88. The van der Waals surface area contributed by atoms with Crippen LogP contribution in [0.15, 0.2) is 40.8 Å². The van der Waals surface area contributed by atoms with Crippen molar-refractivity contribution in [2.45, 2.75) is 0 Å². The van der Waals surface area contributed by atoms with Crippen LogP contribution >= 0.6 is 11.8 Å². The Hall–Kier alpha value is -2.01. The SMILES string of the molecule is C[N+](C)=c1ccc2nc3ccc(N4CCSCC4)cc3oc-2c1. The number of anilines is 1. The van der Waals surface area contributed by atoms with E-state index in [1.54, 1.807) is 0 Å². The fourth-order valence-corrected chi connectivity index (χ4v) is 3.80. The highest BCUT2D eigenvalue weighted by Crippen LogP contribution is 2.28. The molecule has 0 saturated carbocycles. The zero-order valence-corrected chi connectivity index (χ0v) is 14.3. The van der Waals surface area contributed by atoms with Crippen molar-refractivity contribution in [3.8, 4) is 11.5 Å². The zero-order chi connectivity index (χ0) is 15.8. The van der Waals surface area contributed by atoms with Gasteiger partial charge in [-0.2, -0.15) is 11.8 Å². The van der Waals surface area contributed by atoms with Gasteiger partial charge in [-0.1, -0.05) is 0 Å². The van der Waals surface area contributed by atoms with E-state index in [9.17, 15) is 0 Å². The predicted molar refractivity (Wildman–Crippen MR) is 97.3 cm³/mol. The van der Waals surface area contributed by atoms with Gasteiger partial charge in [0.25, 0.3) is 0 Å². The average molecular weight is 326 g/mol. The Morgan fingerprint density at radius 1 is 1.09 bits per heavy atom. The van der Waals surface area contributed by atoms with E-state index in [4.69, 9.17) is 9.40 Å². The minimum absolute atomic E-state index is 0.829. The van der Waals surface area contributed by atoms with Crippen molar-refractivity contribution in [1.29, 1.82) is 0 Å². The number of aromatic nitrogens is 1. The van der Waals surface area contributed by atoms with Crippen molar-refractivity contribution in [3.05, 3.63) is 41.8 Å². The molecule has 23 heavy (non-hydrogen) atoms. The molecule has 4 nitrogen and oxygen atoms in total. The number of hydrogen-bond donors (Lipinski definition) is 0. The smallest absolute Gasteiger partial charge is 0.203 e. The Morgan fingerprint density at radius 2 is 1.91 bits per heavy atom. The van der Waals surface area contributed by atoms with Crippen LogP contribution < -0.4 is 14.8 Å². The van der Waals surface area contributed by atoms with Crippen molar-refractivity contribution < 1.29 is 4.42 Å². The summed E-state index contributed by atoms with van der Waals surface area (Å²) in [5.74, 6) is 3.21. The molecule has 3 aliphatic rings. The normalized spacial score (nSPS) is 15.3. The maximum absolute atomic E-state index is 6.15. The van der Waals surface area contributed by atoms with Gasteiger partial charge in [-0.3, -0.25) is 0 Å². The first kappa shape index (κ1) is 14.6. The molecule has 0 spiro atoms. The third-order valence-electron chi connectivity index (χ3n) is 4.24. The van der Waals surface area contributed by atoms with Crippen LogP contribution in [0.1, 0.15) is 0 Å². The van der Waals surface area contributed by atoms with Gasteiger partial charge in [0.15, 0.2) is 11.3 Å². The molecule has 0 radical (unpaired) electrons. The lowest BCUT2D eigenvalue weighted by molar-refractivity contribution is 0.610. The Kier molecular flexibility index (Phi) is 3.73. The molecular weight excluding hydrogens is 306 g/mol. The summed E-state index contributed by atoms with van der Waals surface area (Å²) in [7, 11) is 4.06. The molecule has 1 fully saturated rings. The highest BCUT2D eigenvalue weighted by atomic mass is 32.2. The lowest BCUT2D eigenvalue weighted by Gasteiger charge is -2.28. The van der Waals surface area contributed by atoms with E-state index in [0.717, 1.165) is 41.0 Å². The summed E-state index contributed by atoms with van der Waals surface area (Å²) in [6.07, 6.45) is 0. The maximum atomic E-state index is 6.15. The second-order valence-electron chi connectivity index (χ2n) is 6.01. The highest BCUT2D eigenvalue weighted by molar-refractivity contribution is 7.99. The van der Waals surface area contributed by atoms with Gasteiger partial charge in [0.2, 0.25) is 5.36 Å². The summed E-state index contributed by atoms with van der Waals surface area (Å²) in [5, 5.41) is 1.12. The van der Waals surface area contributed by atoms with Crippen LogP contribution in [0.5, 0.6) is 0 Å². The molecule has 4 rings (SSSR count). The third kappa shape index (κ3) is 2.81. The third-order valence-corrected chi connectivity index (χ3v) is 5.18. The van der Waals surface area contributed by atoms with Crippen LogP contribution in [0.3, 0.4) is 0 Å². The van der Waals surface area contributed by atoms with Crippen LogP contribution in [-0.2, 0) is 0 Å². The summed E-state index contributed by atoms with van der Waals surface area (Å²) in [6, 6.07) is 12.5. The van der Waals surface area contributed by atoms with Gasteiger partial charge in [-0.25, -0.2) is 9.56 Å². The predicted octanol–water partition coefficient (Wildman–Crippen LogP) is 2.52. The number of thioether (sulfide) groups is 1. The van der Waals surface area contributed by atoms with Gasteiger partial charge >= 0.3 is 0 Å². The quantitative estimate of drug-likeness (QED) is 0.508. The molecule has 1 saturated heterocycles. The summed E-state index contributed by atoms with van der Waals surface area (Å²) < 4.78 is 8.22. The topological polar surface area (TPSA) is 32.3 Å². The van der Waals surface area contributed by atoms with E-state index in [2.05, 4.69) is 33.7 Å². The molecule has 1 aromatic carbocycles. The Morgan fingerprint density at radius 3 is 2.70 bits per heavy atom. The van der Waals surface area contributed by atoms with Crippen molar-refractivity contribution in [2.24, 2.45) is 0 Å². The molecule has 2 heterocycles. The Bertz CT molecular complexity index is 892. The molecule has 0 aromatic heterocycles. The molecule has 0 amide bonds. The van der Waals surface area contributed by atoms with Crippen LogP contribution in [0.2, 0.25) is 0 Å². The number of hydrogen-bond acceptors (Lipinski definition) is 4. The monoisotopic (exact) mass is 326 g/mol. The Labute approximate surface area is 139 Å². The standard InChI is InChI=1S/C18H20N3OS/c1-20(2)13-3-5-15-17(11-13)22-18-12-14(4-6-16(18)19-15)21-7-9-23-10-8-21/h3-6,11-12H,7-10H2,1-2H3/q+1. The minimum Gasteiger partial charge on any atom is -0.452 e. The van der Waals surface area contributed by atoms with Gasteiger partial charge < -0.3 is 9.32 Å². The Balaban J connectivity index is 1.85. The van der Waals surface area contributed by atoms with E-state index in [1.807, 2.05) is 38.0 Å². The summed E-state index contributed by atoms with van der Waals surface area (Å²) in [6.45, 7) is 2.20. The second kappa shape index (κ2) is 5.89. The molecule has 0 N–H and O–H groups in total. The molecule has 1 aromatic rings. The number of benzene rings is 2. The van der Waals surface area contributed by atoms with Crippen molar-refractivity contribution in [1.82, 2.24) is 9.56 Å². The lowest BCUT2D eigenvalue weighted by Crippen LogP contribution is -2.32. The fourth-order valence-electron chi connectivity index (χ4n) is 2.90. The lowest BCUT2D eigenvalue weighted by atomic mass is 10.2. The maximum Gasteiger partial charge on any atom is 0.203 e. The number of fused-ring (bicyclic) bond motifs is 2. The summed E-state index contributed by atoms with van der Waals surface area (Å²) in [4.78, 5) is 7.15. The molecule has 0 atom stereocenters. The number of nitrogens with zero attached hydrogens (tertiary/aromatic N) is 3. The van der Waals surface area contributed by atoms with E-state index >= 15 is 0 Å². The summed E-state index contributed by atoms with van der Waals surface area (Å²) >= 11 is 2.02. The first-order valence-electron chi connectivity index (χ1n) is 7.88. The molecule has 2 aliphatic heterocycles. The van der Waals surface area contributed by atoms with Crippen molar-refractivity contribution >= 4 is 28.5 Å². The van der Waals surface area contributed by atoms with E-state index in [0.29, 0.717) is 0 Å². The first-order chi connectivity index (χ1) is 11.2. The molecular formula is C18H20N3OS+. The van der Waals surface area contributed by atoms with Crippen LogP contribution in [0.4, 0.5) is 5.69 Å². The fraction of sp³-hybridized carbons (Fsp3) is 0.333. The zero-order valence-electron chi connectivity index (χ0n) is 13.5. The van der Waals surface area contributed by atoms with Crippen LogP contribution in [0.25, 0.3) is 22.6 Å². The largest absolute Gasteiger partial charge is 0.452 e. The van der Waals surface area contributed by atoms with Gasteiger partial charge in [-0.05, 0) is 18.2 Å². The molecule has 0 unspecified atom stereocenters. The van der Waals surface area contributed by atoms with Gasteiger partial charge in [0.1, 0.15) is 25.3 Å². The first-order valence-corrected chi connectivity index (χ1v) is 9.04. The van der Waals surface area contributed by atoms with E-state index in [-0.39, 0.29) is 0 Å².